The molecule has 0 amide bonds. The van der Waals surface area contributed by atoms with E-state index in [1.54, 1.807) is 12.5 Å². The number of rotatable bonds is 1. The van der Waals surface area contributed by atoms with Crippen molar-refractivity contribution in [2.24, 2.45) is 0 Å². The van der Waals surface area contributed by atoms with E-state index in [0.717, 1.165) is 10.2 Å². The van der Waals surface area contributed by atoms with Gasteiger partial charge < -0.3 is 10.3 Å². The van der Waals surface area contributed by atoms with Crippen LogP contribution in [0.5, 0.6) is 0 Å². The van der Waals surface area contributed by atoms with Crippen LogP contribution in [0.4, 0.5) is 5.82 Å². The van der Waals surface area contributed by atoms with Crippen LogP contribution in [-0.4, -0.2) is 9.55 Å². The summed E-state index contributed by atoms with van der Waals surface area (Å²) in [6, 6.07) is 7.90. The molecule has 0 saturated heterocycles. The number of aromatic nitrogens is 2. The van der Waals surface area contributed by atoms with Gasteiger partial charge in [-0.2, -0.15) is 0 Å². The zero-order valence-electron chi connectivity index (χ0n) is 6.81. The normalized spacial score (nSPS) is 10.2. The lowest BCUT2D eigenvalue weighted by Gasteiger charge is -2.03. The maximum Gasteiger partial charge on any atom is 0.141 e. The monoisotopic (exact) mass is 237 g/mol. The number of hydrogen-bond donors (Lipinski definition) is 1. The number of nitrogen functional groups attached to an aromatic ring is 1. The number of nitrogens with two attached hydrogens (primary N) is 1. The third-order valence-electron chi connectivity index (χ3n) is 1.73. The molecular formula is C9H8BrN3. The third-order valence-corrected chi connectivity index (χ3v) is 2.40. The maximum atomic E-state index is 5.52. The zero-order valence-corrected chi connectivity index (χ0v) is 8.40. The van der Waals surface area contributed by atoms with Crippen molar-refractivity contribution in [3.8, 4) is 5.69 Å². The van der Waals surface area contributed by atoms with Crippen molar-refractivity contribution in [1.29, 1.82) is 0 Å². The van der Waals surface area contributed by atoms with Gasteiger partial charge in [0.05, 0.1) is 11.9 Å². The van der Waals surface area contributed by atoms with E-state index in [-0.39, 0.29) is 0 Å². The van der Waals surface area contributed by atoms with E-state index in [1.165, 1.54) is 0 Å². The third kappa shape index (κ3) is 1.58. The van der Waals surface area contributed by atoms with Crippen molar-refractivity contribution < 1.29 is 0 Å². The zero-order chi connectivity index (χ0) is 9.26. The largest absolute Gasteiger partial charge is 0.382 e. The Morgan fingerprint density at radius 3 is 2.69 bits per heavy atom. The highest BCUT2D eigenvalue weighted by atomic mass is 79.9. The van der Waals surface area contributed by atoms with E-state index in [2.05, 4.69) is 20.9 Å². The molecule has 3 nitrogen and oxygen atoms in total. The Morgan fingerprint density at radius 1 is 1.31 bits per heavy atom. The molecule has 0 saturated carbocycles. The van der Waals surface area contributed by atoms with Crippen LogP contribution in [0, 0.1) is 0 Å². The smallest absolute Gasteiger partial charge is 0.141 e. The van der Waals surface area contributed by atoms with E-state index in [1.807, 2.05) is 28.8 Å². The molecular weight excluding hydrogens is 230 g/mol. The Bertz CT molecular complexity index is 422. The molecule has 13 heavy (non-hydrogen) atoms. The second kappa shape index (κ2) is 3.22. The van der Waals surface area contributed by atoms with E-state index in [4.69, 9.17) is 5.73 Å². The standard InChI is InChI=1S/C9H8BrN3/c10-7-3-1-2-4-8(7)13-5-9(11)12-6-13/h1-6H,11H2. The van der Waals surface area contributed by atoms with Gasteiger partial charge >= 0.3 is 0 Å². The summed E-state index contributed by atoms with van der Waals surface area (Å²) in [5.74, 6) is 0.524. The molecule has 2 N–H and O–H groups in total. The number of imidazole rings is 1. The van der Waals surface area contributed by atoms with Crippen molar-refractivity contribution in [3.63, 3.8) is 0 Å². The molecule has 0 unspecified atom stereocenters. The Kier molecular flexibility index (Phi) is 2.06. The second-order valence-electron chi connectivity index (χ2n) is 2.66. The molecule has 1 heterocycles. The number of hydrogen-bond acceptors (Lipinski definition) is 2. The van der Waals surface area contributed by atoms with Crippen molar-refractivity contribution >= 4 is 21.7 Å². The number of anilines is 1. The molecule has 66 valence electrons. The van der Waals surface area contributed by atoms with Gasteiger partial charge in [-0.05, 0) is 28.1 Å². The highest BCUT2D eigenvalue weighted by molar-refractivity contribution is 9.10. The predicted octanol–water partition coefficient (Wildman–Crippen LogP) is 2.22. The first-order valence-corrected chi connectivity index (χ1v) is 4.61. The summed E-state index contributed by atoms with van der Waals surface area (Å²) in [4.78, 5) is 3.95. The lowest BCUT2D eigenvalue weighted by molar-refractivity contribution is 1.05. The average Bonchev–Trinajstić information content (AvgIpc) is 2.53. The Balaban J connectivity index is 2.52. The quantitative estimate of drug-likeness (QED) is 0.827. The minimum absolute atomic E-state index is 0.524. The first-order valence-electron chi connectivity index (χ1n) is 3.82. The van der Waals surface area contributed by atoms with E-state index in [0.29, 0.717) is 5.82 Å². The van der Waals surface area contributed by atoms with Gasteiger partial charge in [0.1, 0.15) is 12.1 Å². The minimum Gasteiger partial charge on any atom is -0.382 e. The molecule has 0 fully saturated rings. The molecule has 0 aliphatic heterocycles. The minimum atomic E-state index is 0.524. The number of nitrogens with zero attached hydrogens (tertiary/aromatic N) is 2. The average molecular weight is 238 g/mol. The van der Waals surface area contributed by atoms with Gasteiger partial charge in [-0.15, -0.1) is 0 Å². The topological polar surface area (TPSA) is 43.8 Å². The van der Waals surface area contributed by atoms with Gasteiger partial charge in [0.25, 0.3) is 0 Å². The van der Waals surface area contributed by atoms with Crippen LogP contribution >= 0.6 is 15.9 Å². The van der Waals surface area contributed by atoms with Crippen molar-refractivity contribution in [2.45, 2.75) is 0 Å². The Labute approximate surface area is 84.3 Å². The highest BCUT2D eigenvalue weighted by Crippen LogP contribution is 2.20. The molecule has 0 spiro atoms. The van der Waals surface area contributed by atoms with Gasteiger partial charge in [0.15, 0.2) is 0 Å². The lowest BCUT2D eigenvalue weighted by Crippen LogP contribution is -1.90. The van der Waals surface area contributed by atoms with Crippen LogP contribution < -0.4 is 5.73 Å². The predicted molar refractivity (Wildman–Crippen MR) is 55.7 cm³/mol. The van der Waals surface area contributed by atoms with Gasteiger partial charge in [-0.3, -0.25) is 0 Å². The van der Waals surface area contributed by atoms with Crippen molar-refractivity contribution in [1.82, 2.24) is 9.55 Å². The fourth-order valence-electron chi connectivity index (χ4n) is 1.13. The molecule has 2 rings (SSSR count). The summed E-state index contributed by atoms with van der Waals surface area (Å²) >= 11 is 3.45. The first-order chi connectivity index (χ1) is 6.27. The fourth-order valence-corrected chi connectivity index (χ4v) is 1.62. The van der Waals surface area contributed by atoms with Crippen LogP contribution in [0.15, 0.2) is 41.3 Å². The van der Waals surface area contributed by atoms with Gasteiger partial charge in [-0.1, -0.05) is 12.1 Å². The summed E-state index contributed by atoms with van der Waals surface area (Å²) in [5, 5.41) is 0. The molecule has 0 aliphatic carbocycles. The van der Waals surface area contributed by atoms with Gasteiger partial charge in [-0.25, -0.2) is 4.98 Å². The van der Waals surface area contributed by atoms with Crippen LogP contribution in [0.3, 0.4) is 0 Å². The molecule has 2 aromatic rings. The molecule has 0 radical (unpaired) electrons. The molecule has 0 aliphatic rings. The fraction of sp³-hybridized carbons (Fsp3) is 0. The van der Waals surface area contributed by atoms with Crippen LogP contribution in [0.25, 0.3) is 5.69 Å². The summed E-state index contributed by atoms with van der Waals surface area (Å²) in [7, 11) is 0. The van der Waals surface area contributed by atoms with Crippen molar-refractivity contribution in [2.75, 3.05) is 5.73 Å². The summed E-state index contributed by atoms with van der Waals surface area (Å²) in [6.07, 6.45) is 3.47. The highest BCUT2D eigenvalue weighted by Gasteiger charge is 2.00. The number of para-hydroxylation sites is 1. The summed E-state index contributed by atoms with van der Waals surface area (Å²) in [5.41, 5.74) is 6.55. The molecule has 1 aromatic carbocycles. The molecule has 0 atom stereocenters. The first kappa shape index (κ1) is 8.31. The van der Waals surface area contributed by atoms with Crippen LogP contribution in [-0.2, 0) is 0 Å². The lowest BCUT2D eigenvalue weighted by atomic mass is 10.3. The van der Waals surface area contributed by atoms with Crippen LogP contribution in [0.1, 0.15) is 0 Å². The summed E-state index contributed by atoms with van der Waals surface area (Å²) < 4.78 is 2.90. The number of halogens is 1. The van der Waals surface area contributed by atoms with Gasteiger partial charge in [0, 0.05) is 4.47 Å². The molecule has 4 heteroatoms. The van der Waals surface area contributed by atoms with Crippen molar-refractivity contribution in [3.05, 3.63) is 41.3 Å². The second-order valence-corrected chi connectivity index (χ2v) is 3.51. The van der Waals surface area contributed by atoms with Crippen LogP contribution in [0.2, 0.25) is 0 Å². The molecule has 0 bridgehead atoms. The Hall–Kier alpha value is -1.29. The SMILES string of the molecule is Nc1cn(-c2ccccc2Br)cn1. The van der Waals surface area contributed by atoms with Gasteiger partial charge in [0.2, 0.25) is 0 Å². The maximum absolute atomic E-state index is 5.52. The van der Waals surface area contributed by atoms with E-state index in [9.17, 15) is 0 Å². The van der Waals surface area contributed by atoms with E-state index < -0.39 is 0 Å². The summed E-state index contributed by atoms with van der Waals surface area (Å²) in [6.45, 7) is 0. The number of benzene rings is 1. The molecule has 1 aromatic heterocycles. The van der Waals surface area contributed by atoms with E-state index >= 15 is 0 Å². The Morgan fingerprint density at radius 2 is 2.08 bits per heavy atom.